The Labute approximate surface area is 181 Å². The maximum atomic E-state index is 12.8. The molecule has 152 valence electrons. The van der Waals surface area contributed by atoms with E-state index in [1.54, 1.807) is 18.2 Å². The van der Waals surface area contributed by atoms with Crippen LogP contribution in [0.15, 0.2) is 35.2 Å². The molecule has 0 saturated carbocycles. The first kappa shape index (κ1) is 21.0. The molecule has 0 radical (unpaired) electrons. The van der Waals surface area contributed by atoms with Crippen LogP contribution in [0.25, 0.3) is 11.5 Å². The highest BCUT2D eigenvalue weighted by Crippen LogP contribution is 2.50. The third-order valence-electron chi connectivity index (χ3n) is 3.95. The number of nitrogens with zero attached hydrogens (tertiary/aromatic N) is 3. The molecule has 3 rings (SSSR count). The maximum Gasteiger partial charge on any atom is 0.327 e. The van der Waals surface area contributed by atoms with Crippen molar-refractivity contribution in [2.75, 3.05) is 31.5 Å². The molecule has 8 nitrogen and oxygen atoms in total. The summed E-state index contributed by atoms with van der Waals surface area (Å²) in [7, 11) is 4.29. The highest BCUT2D eigenvalue weighted by atomic mass is 35.5. The number of ether oxygens (including phenoxy) is 2. The van der Waals surface area contributed by atoms with E-state index in [4.69, 9.17) is 48.7 Å². The molecule has 3 aromatic rings. The molecule has 0 fully saturated rings. The number of benzene rings is 1. The predicted octanol–water partition coefficient (Wildman–Crippen LogP) is 5.38. The largest absolute Gasteiger partial charge is 0.493 e. The molecule has 0 spiro atoms. The van der Waals surface area contributed by atoms with Crippen LogP contribution < -0.4 is 19.7 Å². The van der Waals surface area contributed by atoms with Crippen molar-refractivity contribution in [1.82, 2.24) is 9.97 Å². The van der Waals surface area contributed by atoms with Crippen molar-refractivity contribution in [2.24, 2.45) is 0 Å². The van der Waals surface area contributed by atoms with Crippen molar-refractivity contribution >= 4 is 52.3 Å². The highest BCUT2D eigenvalue weighted by molar-refractivity contribution is 6.45. The lowest BCUT2D eigenvalue weighted by Gasteiger charge is -2.21. The standard InChI is InChI=1S/C18H15Cl3N4O4/c1-25(11-7-9(22-8-23-11)10-5-4-6-29-10)18(26)24-15-12(19)16(27-2)14(21)17(28-3)13(15)20/h4-8H,1-3H3,(H,24,26). The molecule has 0 aliphatic heterocycles. The van der Waals surface area contributed by atoms with E-state index in [1.165, 1.54) is 38.8 Å². The van der Waals surface area contributed by atoms with Gasteiger partial charge in [-0.05, 0) is 12.1 Å². The monoisotopic (exact) mass is 456 g/mol. The Balaban J connectivity index is 1.92. The van der Waals surface area contributed by atoms with Crippen LogP contribution in [0.4, 0.5) is 16.3 Å². The summed E-state index contributed by atoms with van der Waals surface area (Å²) in [5.41, 5.74) is 0.606. The second-order valence-corrected chi connectivity index (χ2v) is 6.75. The Kier molecular flexibility index (Phi) is 6.36. The van der Waals surface area contributed by atoms with Crippen LogP contribution in [0.3, 0.4) is 0 Å². The van der Waals surface area contributed by atoms with Gasteiger partial charge in [0.15, 0.2) is 17.3 Å². The fourth-order valence-electron chi connectivity index (χ4n) is 2.47. The lowest BCUT2D eigenvalue weighted by Crippen LogP contribution is -2.32. The first-order valence-electron chi connectivity index (χ1n) is 8.08. The highest BCUT2D eigenvalue weighted by Gasteiger charge is 2.25. The normalized spacial score (nSPS) is 10.6. The summed E-state index contributed by atoms with van der Waals surface area (Å²) in [4.78, 5) is 22.3. The fourth-order valence-corrected chi connectivity index (χ4v) is 3.59. The summed E-state index contributed by atoms with van der Waals surface area (Å²) in [5.74, 6) is 1.11. The average molecular weight is 458 g/mol. The fraction of sp³-hybridized carbons (Fsp3) is 0.167. The number of anilines is 2. The topological polar surface area (TPSA) is 89.7 Å². The molecule has 29 heavy (non-hydrogen) atoms. The molecule has 11 heteroatoms. The number of methoxy groups -OCH3 is 2. The zero-order valence-electron chi connectivity index (χ0n) is 15.5. The Bertz CT molecular complexity index is 1010. The number of nitrogens with one attached hydrogen (secondary N) is 1. The maximum absolute atomic E-state index is 12.8. The minimum absolute atomic E-state index is 0.0315. The van der Waals surface area contributed by atoms with Crippen LogP contribution in [0, 0.1) is 0 Å². The number of rotatable bonds is 5. The summed E-state index contributed by atoms with van der Waals surface area (Å²) >= 11 is 18.8. The van der Waals surface area contributed by atoms with Crippen molar-refractivity contribution in [1.29, 1.82) is 0 Å². The summed E-state index contributed by atoms with van der Waals surface area (Å²) in [6.45, 7) is 0. The SMILES string of the molecule is COc1c(Cl)c(NC(=O)N(C)c2cc(-c3ccco3)ncn2)c(Cl)c(OC)c1Cl. The molecule has 0 aliphatic carbocycles. The Morgan fingerprint density at radius 3 is 2.31 bits per heavy atom. The smallest absolute Gasteiger partial charge is 0.327 e. The van der Waals surface area contributed by atoms with Gasteiger partial charge in [0.05, 0.1) is 26.2 Å². The number of carbonyl (C=O) groups excluding carboxylic acids is 1. The first-order valence-corrected chi connectivity index (χ1v) is 9.21. The molecule has 0 atom stereocenters. The van der Waals surface area contributed by atoms with Crippen LogP contribution in [0.5, 0.6) is 11.5 Å². The van der Waals surface area contributed by atoms with Crippen LogP contribution in [-0.4, -0.2) is 37.3 Å². The summed E-state index contributed by atoms with van der Waals surface area (Å²) in [6, 6.07) is 4.52. The van der Waals surface area contributed by atoms with Gasteiger partial charge in [-0.1, -0.05) is 34.8 Å². The molecule has 1 N–H and O–H groups in total. The zero-order chi connectivity index (χ0) is 21.1. The average Bonchev–Trinajstić information content (AvgIpc) is 3.26. The van der Waals surface area contributed by atoms with E-state index >= 15 is 0 Å². The van der Waals surface area contributed by atoms with Gasteiger partial charge in [0.2, 0.25) is 0 Å². The lowest BCUT2D eigenvalue weighted by atomic mass is 10.2. The minimum Gasteiger partial charge on any atom is -0.493 e. The van der Waals surface area contributed by atoms with Crippen molar-refractivity contribution in [3.05, 3.63) is 45.9 Å². The molecular formula is C18H15Cl3N4O4. The third kappa shape index (κ3) is 4.05. The number of hydrogen-bond acceptors (Lipinski definition) is 6. The molecule has 2 amide bonds. The molecule has 0 bridgehead atoms. The third-order valence-corrected chi connectivity index (χ3v) is 5.02. The molecule has 2 heterocycles. The van der Waals surface area contributed by atoms with Gasteiger partial charge in [0.25, 0.3) is 0 Å². The van der Waals surface area contributed by atoms with Gasteiger partial charge in [-0.15, -0.1) is 0 Å². The summed E-state index contributed by atoms with van der Waals surface area (Å²) < 4.78 is 15.7. The molecular weight excluding hydrogens is 443 g/mol. The van der Waals surface area contributed by atoms with Crippen LogP contribution in [0.2, 0.25) is 15.1 Å². The van der Waals surface area contributed by atoms with Crippen molar-refractivity contribution in [3.8, 4) is 23.0 Å². The van der Waals surface area contributed by atoms with E-state index in [2.05, 4.69) is 15.3 Å². The van der Waals surface area contributed by atoms with Gasteiger partial charge in [0, 0.05) is 13.1 Å². The molecule has 2 aromatic heterocycles. The lowest BCUT2D eigenvalue weighted by molar-refractivity contribution is 0.258. The van der Waals surface area contributed by atoms with E-state index in [0.717, 1.165) is 0 Å². The van der Waals surface area contributed by atoms with Gasteiger partial charge in [0.1, 0.15) is 32.9 Å². The Morgan fingerprint density at radius 1 is 1.10 bits per heavy atom. The van der Waals surface area contributed by atoms with Crippen LogP contribution >= 0.6 is 34.8 Å². The van der Waals surface area contributed by atoms with E-state index in [-0.39, 0.29) is 32.3 Å². The van der Waals surface area contributed by atoms with E-state index in [1.807, 2.05) is 0 Å². The molecule has 0 saturated heterocycles. The first-order chi connectivity index (χ1) is 13.9. The molecule has 0 aliphatic rings. The second kappa shape index (κ2) is 8.77. The summed E-state index contributed by atoms with van der Waals surface area (Å²) in [5, 5.41) is 2.78. The predicted molar refractivity (Wildman–Crippen MR) is 112 cm³/mol. The van der Waals surface area contributed by atoms with Crippen LogP contribution in [-0.2, 0) is 0 Å². The van der Waals surface area contributed by atoms with Gasteiger partial charge in [-0.25, -0.2) is 14.8 Å². The van der Waals surface area contributed by atoms with Gasteiger partial charge in [-0.3, -0.25) is 4.90 Å². The van der Waals surface area contributed by atoms with Crippen molar-refractivity contribution < 1.29 is 18.7 Å². The summed E-state index contributed by atoms with van der Waals surface area (Å²) in [6.07, 6.45) is 2.85. The van der Waals surface area contributed by atoms with Gasteiger partial charge < -0.3 is 19.2 Å². The number of hydrogen-bond donors (Lipinski definition) is 1. The zero-order valence-corrected chi connectivity index (χ0v) is 17.8. The Morgan fingerprint density at radius 2 is 1.76 bits per heavy atom. The molecule has 1 aromatic carbocycles. The number of urea groups is 1. The minimum atomic E-state index is -0.565. The van der Waals surface area contributed by atoms with Gasteiger partial charge in [-0.2, -0.15) is 0 Å². The number of aromatic nitrogens is 2. The van der Waals surface area contributed by atoms with Gasteiger partial charge >= 0.3 is 6.03 Å². The second-order valence-electron chi connectivity index (χ2n) is 5.61. The van der Waals surface area contributed by atoms with E-state index in [0.29, 0.717) is 17.3 Å². The number of amides is 2. The number of carbonyl (C=O) groups is 1. The van der Waals surface area contributed by atoms with E-state index in [9.17, 15) is 4.79 Å². The number of furan rings is 1. The number of halogens is 3. The van der Waals surface area contributed by atoms with Crippen LogP contribution in [0.1, 0.15) is 0 Å². The van der Waals surface area contributed by atoms with E-state index < -0.39 is 6.03 Å². The molecule has 0 unspecified atom stereocenters. The Hall–Kier alpha value is -2.68. The van der Waals surface area contributed by atoms with Crippen molar-refractivity contribution in [2.45, 2.75) is 0 Å². The quantitative estimate of drug-likeness (QED) is 0.553. The van der Waals surface area contributed by atoms with Crippen molar-refractivity contribution in [3.63, 3.8) is 0 Å².